The van der Waals surface area contributed by atoms with E-state index in [2.05, 4.69) is 0 Å². The van der Waals surface area contributed by atoms with E-state index >= 15 is 0 Å². The molecule has 0 aromatic carbocycles. The number of rotatable bonds is 1. The van der Waals surface area contributed by atoms with E-state index in [1.807, 2.05) is 0 Å². The van der Waals surface area contributed by atoms with Crippen molar-refractivity contribution in [1.82, 2.24) is 9.13 Å². The Kier molecular flexibility index (Phi) is 3.27. The van der Waals surface area contributed by atoms with E-state index in [4.69, 9.17) is 12.2 Å². The quantitative estimate of drug-likeness (QED) is 0.718. The Hall–Kier alpha value is -1.11. The topological polar surface area (TPSA) is 26.9 Å². The van der Waals surface area contributed by atoms with Crippen molar-refractivity contribution in [2.45, 2.75) is 26.1 Å². The Bertz CT molecular complexity index is 513. The molecule has 90 valence electrons. The second kappa shape index (κ2) is 4.04. The van der Waals surface area contributed by atoms with Gasteiger partial charge in [-0.05, 0) is 26.1 Å². The van der Waals surface area contributed by atoms with Gasteiger partial charge in [0.05, 0.1) is 0 Å². The normalized spacial score (nSPS) is 12.2. The van der Waals surface area contributed by atoms with Gasteiger partial charge in [0.1, 0.15) is 5.69 Å². The van der Waals surface area contributed by atoms with Crippen LogP contribution < -0.4 is 5.56 Å². The van der Waals surface area contributed by atoms with Gasteiger partial charge in [-0.3, -0.25) is 9.36 Å². The number of hydrogen-bond donors (Lipinski definition) is 0. The highest BCUT2D eigenvalue weighted by molar-refractivity contribution is 7.71. The minimum absolute atomic E-state index is 0.130. The molecular formula is C9H11F3N2OS. The molecular weight excluding hydrogens is 241 g/mol. The minimum Gasteiger partial charge on any atom is -0.317 e. The Morgan fingerprint density at radius 1 is 1.38 bits per heavy atom. The number of hydrogen-bond acceptors (Lipinski definition) is 2. The molecule has 0 aliphatic carbocycles. The van der Waals surface area contributed by atoms with Crippen LogP contribution in [-0.2, 0) is 13.2 Å². The number of halogens is 3. The van der Waals surface area contributed by atoms with E-state index in [9.17, 15) is 18.0 Å². The van der Waals surface area contributed by atoms with E-state index < -0.39 is 17.4 Å². The van der Waals surface area contributed by atoms with Crippen molar-refractivity contribution in [3.63, 3.8) is 0 Å². The monoisotopic (exact) mass is 252 g/mol. The molecule has 0 amide bonds. The molecule has 0 unspecified atom stereocenters. The smallest absolute Gasteiger partial charge is 0.317 e. The molecule has 1 aromatic rings. The first-order valence-electron chi connectivity index (χ1n) is 4.56. The van der Waals surface area contributed by atoms with Crippen LogP contribution in [0.5, 0.6) is 0 Å². The molecule has 3 nitrogen and oxygen atoms in total. The van der Waals surface area contributed by atoms with Gasteiger partial charge in [-0.25, -0.2) is 0 Å². The van der Waals surface area contributed by atoms with Crippen LogP contribution in [0.25, 0.3) is 0 Å². The molecule has 0 bridgehead atoms. The molecule has 0 atom stereocenters. The minimum atomic E-state index is -4.57. The van der Waals surface area contributed by atoms with Gasteiger partial charge in [0.15, 0.2) is 4.77 Å². The van der Waals surface area contributed by atoms with Crippen LogP contribution in [0, 0.1) is 4.77 Å². The SMILES string of the molecule is CC(C)n1c(=O)cc(C(F)(F)F)n(C)c1=S. The molecule has 0 saturated heterocycles. The lowest BCUT2D eigenvalue weighted by Gasteiger charge is -2.17. The van der Waals surface area contributed by atoms with Crippen LogP contribution in [0.3, 0.4) is 0 Å². The average Bonchev–Trinajstić information content (AvgIpc) is 2.09. The molecule has 0 spiro atoms. The largest absolute Gasteiger partial charge is 0.431 e. The molecule has 0 fully saturated rings. The second-order valence-electron chi connectivity index (χ2n) is 3.67. The first kappa shape index (κ1) is 13.0. The molecule has 1 rings (SSSR count). The number of alkyl halides is 3. The molecule has 1 heterocycles. The summed E-state index contributed by atoms with van der Waals surface area (Å²) in [6, 6.07) is 0.295. The van der Waals surface area contributed by atoms with Crippen molar-refractivity contribution in [3.05, 3.63) is 26.9 Å². The predicted molar refractivity (Wildman–Crippen MR) is 55.9 cm³/mol. The fraction of sp³-hybridized carbons (Fsp3) is 0.556. The third-order valence-corrected chi connectivity index (χ3v) is 2.63. The molecule has 0 saturated carbocycles. The summed E-state index contributed by atoms with van der Waals surface area (Å²) in [7, 11) is 1.20. The van der Waals surface area contributed by atoms with Gasteiger partial charge in [-0.1, -0.05) is 0 Å². The van der Waals surface area contributed by atoms with Crippen LogP contribution in [-0.4, -0.2) is 9.13 Å². The van der Waals surface area contributed by atoms with Gasteiger partial charge < -0.3 is 4.57 Å². The zero-order chi connectivity index (χ0) is 12.7. The van der Waals surface area contributed by atoms with E-state index in [0.29, 0.717) is 6.07 Å². The lowest BCUT2D eigenvalue weighted by atomic mass is 10.3. The lowest BCUT2D eigenvalue weighted by molar-refractivity contribution is -0.144. The van der Waals surface area contributed by atoms with Gasteiger partial charge in [-0.2, -0.15) is 13.2 Å². The summed E-state index contributed by atoms with van der Waals surface area (Å²) in [6.45, 7) is 3.37. The summed E-state index contributed by atoms with van der Waals surface area (Å²) in [5, 5.41) is 0. The summed E-state index contributed by atoms with van der Waals surface area (Å²) in [5.41, 5.74) is -1.76. The van der Waals surface area contributed by atoms with Crippen LogP contribution in [0.1, 0.15) is 25.6 Å². The van der Waals surface area contributed by atoms with Gasteiger partial charge in [0, 0.05) is 19.2 Å². The van der Waals surface area contributed by atoms with Crippen molar-refractivity contribution >= 4 is 12.2 Å². The zero-order valence-electron chi connectivity index (χ0n) is 9.00. The van der Waals surface area contributed by atoms with Crippen molar-refractivity contribution in [2.75, 3.05) is 0 Å². The van der Waals surface area contributed by atoms with E-state index in [0.717, 1.165) is 9.13 Å². The van der Waals surface area contributed by atoms with Crippen LogP contribution >= 0.6 is 12.2 Å². The van der Waals surface area contributed by atoms with Crippen molar-refractivity contribution in [1.29, 1.82) is 0 Å². The molecule has 0 aliphatic rings. The zero-order valence-corrected chi connectivity index (χ0v) is 9.82. The van der Waals surface area contributed by atoms with Gasteiger partial charge in [-0.15, -0.1) is 0 Å². The lowest BCUT2D eigenvalue weighted by Crippen LogP contribution is -2.29. The average molecular weight is 252 g/mol. The predicted octanol–water partition coefficient (Wildman–Crippen LogP) is 2.52. The summed E-state index contributed by atoms with van der Waals surface area (Å²) >= 11 is 4.84. The van der Waals surface area contributed by atoms with Crippen molar-refractivity contribution in [2.24, 2.45) is 7.05 Å². The summed E-state index contributed by atoms with van der Waals surface area (Å²) in [4.78, 5) is 11.5. The maximum Gasteiger partial charge on any atom is 0.431 e. The van der Waals surface area contributed by atoms with E-state index in [-0.39, 0.29) is 10.8 Å². The summed E-state index contributed by atoms with van der Waals surface area (Å²) < 4.78 is 39.4. The molecule has 16 heavy (non-hydrogen) atoms. The number of nitrogens with zero attached hydrogens (tertiary/aromatic N) is 2. The highest BCUT2D eigenvalue weighted by Crippen LogP contribution is 2.27. The molecule has 1 aromatic heterocycles. The molecule has 0 N–H and O–H groups in total. The van der Waals surface area contributed by atoms with Gasteiger partial charge >= 0.3 is 6.18 Å². The van der Waals surface area contributed by atoms with Crippen LogP contribution in [0.4, 0.5) is 13.2 Å². The standard InChI is InChI=1S/C9H11F3N2OS/c1-5(2)14-7(15)4-6(9(10,11)12)13(3)8(14)16/h4-5H,1-3H3. The fourth-order valence-electron chi connectivity index (χ4n) is 1.39. The molecule has 0 aliphatic heterocycles. The Labute approximate surface area is 95.1 Å². The van der Waals surface area contributed by atoms with Crippen molar-refractivity contribution < 1.29 is 13.2 Å². The van der Waals surface area contributed by atoms with Crippen molar-refractivity contribution in [3.8, 4) is 0 Å². The third-order valence-electron chi connectivity index (χ3n) is 2.16. The molecule has 7 heteroatoms. The number of aromatic nitrogens is 2. The second-order valence-corrected chi connectivity index (χ2v) is 4.04. The van der Waals surface area contributed by atoms with E-state index in [1.54, 1.807) is 13.8 Å². The first-order valence-corrected chi connectivity index (χ1v) is 4.97. The third kappa shape index (κ3) is 2.18. The van der Waals surface area contributed by atoms with Gasteiger partial charge in [0.25, 0.3) is 5.56 Å². The Balaban J connectivity index is 3.66. The highest BCUT2D eigenvalue weighted by Gasteiger charge is 2.34. The Morgan fingerprint density at radius 3 is 2.25 bits per heavy atom. The maximum atomic E-state index is 12.5. The summed E-state index contributed by atoms with van der Waals surface area (Å²) in [5.74, 6) is 0. The first-order chi connectivity index (χ1) is 7.16. The Morgan fingerprint density at radius 2 is 1.88 bits per heavy atom. The molecule has 0 radical (unpaired) electrons. The van der Waals surface area contributed by atoms with Crippen LogP contribution in [0.2, 0.25) is 0 Å². The summed E-state index contributed by atoms with van der Waals surface area (Å²) in [6.07, 6.45) is -4.57. The van der Waals surface area contributed by atoms with Gasteiger partial charge in [0.2, 0.25) is 0 Å². The van der Waals surface area contributed by atoms with E-state index in [1.165, 1.54) is 7.05 Å². The van der Waals surface area contributed by atoms with Crippen LogP contribution in [0.15, 0.2) is 10.9 Å². The fourth-order valence-corrected chi connectivity index (χ4v) is 1.79. The highest BCUT2D eigenvalue weighted by atomic mass is 32.1. The maximum absolute atomic E-state index is 12.5.